The molecule has 1 aliphatic rings. The molecule has 3 heterocycles. The van der Waals surface area contributed by atoms with Crippen molar-refractivity contribution in [2.24, 2.45) is 5.41 Å². The highest BCUT2D eigenvalue weighted by Gasteiger charge is 2.38. The molecule has 0 bridgehead atoms. The zero-order valence-corrected chi connectivity index (χ0v) is 26.4. The van der Waals surface area contributed by atoms with Crippen molar-refractivity contribution in [3.63, 3.8) is 0 Å². The highest BCUT2D eigenvalue weighted by Crippen LogP contribution is 2.47. The number of amides is 1. The van der Waals surface area contributed by atoms with Gasteiger partial charge in [0.05, 0.1) is 35.7 Å². The van der Waals surface area contributed by atoms with Gasteiger partial charge in [-0.15, -0.1) is 11.3 Å². The molecular formula is C27H35FN3O11PS. The van der Waals surface area contributed by atoms with Gasteiger partial charge in [0.2, 0.25) is 17.5 Å². The molecule has 1 aliphatic heterocycles. The number of aromatic amines is 1. The van der Waals surface area contributed by atoms with Gasteiger partial charge in [0, 0.05) is 12.2 Å². The third kappa shape index (κ3) is 10.4. The van der Waals surface area contributed by atoms with Gasteiger partial charge in [0.25, 0.3) is 0 Å². The number of carbonyl (C=O) groups excluding carboxylic acids is 3. The number of halogens is 1. The minimum Gasteiger partial charge on any atom is -0.505 e. The van der Waals surface area contributed by atoms with Crippen molar-refractivity contribution in [1.82, 2.24) is 9.97 Å². The molecule has 242 valence electrons. The molecule has 0 aliphatic carbocycles. The van der Waals surface area contributed by atoms with Crippen LogP contribution in [0.25, 0.3) is 11.0 Å². The molecule has 0 fully saturated rings. The molecular weight excluding hydrogens is 624 g/mol. The number of methoxy groups -OCH3 is 1. The highest BCUT2D eigenvalue weighted by atomic mass is 32.1. The number of imidazole rings is 1. The average Bonchev–Trinajstić information content (AvgIpc) is 3.68. The number of hydrogen-bond donors (Lipinski definition) is 6. The van der Waals surface area contributed by atoms with E-state index in [0.717, 1.165) is 6.66 Å². The van der Waals surface area contributed by atoms with Gasteiger partial charge in [-0.3, -0.25) is 14.7 Å². The summed E-state index contributed by atoms with van der Waals surface area (Å²) in [5.74, 6) is -2.54. The summed E-state index contributed by atoms with van der Waals surface area (Å²) >= 11 is 1.40. The predicted molar refractivity (Wildman–Crippen MR) is 160 cm³/mol. The Balaban J connectivity index is 0.000000252. The smallest absolute Gasteiger partial charge is 0.413 e. The fraction of sp³-hybridized carbons (Fsp3) is 0.407. The van der Waals surface area contributed by atoms with Crippen LogP contribution in [0.2, 0.25) is 0 Å². The van der Waals surface area contributed by atoms with E-state index >= 15 is 0 Å². The normalized spacial score (nSPS) is 17.3. The number of fused-ring (bicyclic) bond motifs is 1. The van der Waals surface area contributed by atoms with Crippen LogP contribution in [0.3, 0.4) is 0 Å². The van der Waals surface area contributed by atoms with Gasteiger partial charge in [0.15, 0.2) is 11.9 Å². The third-order valence-electron chi connectivity index (χ3n) is 5.94. The summed E-state index contributed by atoms with van der Waals surface area (Å²) in [4.78, 5) is 41.7. The molecule has 2 aromatic heterocycles. The Hall–Kier alpha value is -3.82. The first kappa shape index (κ1) is 36.4. The summed E-state index contributed by atoms with van der Waals surface area (Å²) in [6.45, 7) is 7.76. The Kier molecular flexibility index (Phi) is 12.6. The molecule has 2 unspecified atom stereocenters. The summed E-state index contributed by atoms with van der Waals surface area (Å²) in [5, 5.41) is 39.4. The third-order valence-corrected chi connectivity index (χ3v) is 7.50. The Bertz CT molecular complexity index is 1530. The first-order valence-corrected chi connectivity index (χ1v) is 15.7. The van der Waals surface area contributed by atoms with Crippen molar-refractivity contribution in [2.45, 2.75) is 46.0 Å². The number of ketones is 1. The van der Waals surface area contributed by atoms with E-state index in [2.05, 4.69) is 24.8 Å². The van der Waals surface area contributed by atoms with E-state index in [1.54, 1.807) is 31.2 Å². The molecule has 4 rings (SSSR count). The molecule has 1 aromatic carbocycles. The van der Waals surface area contributed by atoms with E-state index in [0.29, 0.717) is 21.5 Å². The summed E-state index contributed by atoms with van der Waals surface area (Å²) in [6, 6.07) is 8.79. The minimum atomic E-state index is -3.82. The fourth-order valence-corrected chi connectivity index (χ4v) is 4.74. The number of cyclic esters (lactones) is 1. The molecule has 1 amide bonds. The number of nitrogens with one attached hydrogen (secondary N) is 2. The number of benzene rings is 1. The topological polar surface area (TPSA) is 218 Å². The van der Waals surface area contributed by atoms with Gasteiger partial charge in [-0.25, -0.2) is 14.6 Å². The standard InChI is InChI=1S/C14H11N3O3S.C7H16FO2P.C6H8O6/c1-20-14(19)17-13-15-9-5-4-8(7-10(9)16-13)12(18)11-3-2-6-21-11;1-6(7(2,3)4)10-11(5,8)9;7-1-2(8)5-3(9)4(10)6(11)12-5/h2-7H,1H3,(H2,15,16,17,19);6H,1-5H3;2,5,7-10H,1H2/t;;2-,5+/m..0/s1. The number of esters is 1. The van der Waals surface area contributed by atoms with Crippen molar-refractivity contribution in [3.8, 4) is 0 Å². The van der Waals surface area contributed by atoms with E-state index < -0.39 is 50.1 Å². The maximum atomic E-state index is 12.5. The molecule has 0 spiro atoms. The van der Waals surface area contributed by atoms with E-state index in [1.807, 2.05) is 32.2 Å². The zero-order valence-electron chi connectivity index (χ0n) is 24.7. The molecule has 44 heavy (non-hydrogen) atoms. The van der Waals surface area contributed by atoms with Crippen LogP contribution in [0, 0.1) is 5.41 Å². The van der Waals surface area contributed by atoms with Crippen LogP contribution in [0.1, 0.15) is 42.9 Å². The Morgan fingerprint density at radius 2 is 1.93 bits per heavy atom. The van der Waals surface area contributed by atoms with E-state index in [1.165, 1.54) is 18.4 Å². The number of rotatable bonds is 7. The maximum absolute atomic E-state index is 12.5. The van der Waals surface area contributed by atoms with Gasteiger partial charge in [0.1, 0.15) is 6.10 Å². The van der Waals surface area contributed by atoms with E-state index in [4.69, 9.17) is 24.9 Å². The highest BCUT2D eigenvalue weighted by molar-refractivity contribution is 7.52. The van der Waals surface area contributed by atoms with Crippen LogP contribution in [0.15, 0.2) is 47.2 Å². The quantitative estimate of drug-likeness (QED) is 0.114. The van der Waals surface area contributed by atoms with Gasteiger partial charge >= 0.3 is 19.7 Å². The van der Waals surface area contributed by atoms with Crippen molar-refractivity contribution in [2.75, 3.05) is 25.7 Å². The largest absolute Gasteiger partial charge is 0.505 e. The average molecular weight is 660 g/mol. The number of hydrogen-bond acceptors (Lipinski definition) is 13. The number of H-pyrrole nitrogens is 1. The molecule has 0 saturated carbocycles. The van der Waals surface area contributed by atoms with Gasteiger partial charge < -0.3 is 39.4 Å². The number of thiophene rings is 1. The first-order valence-electron chi connectivity index (χ1n) is 12.9. The summed E-state index contributed by atoms with van der Waals surface area (Å²) < 4.78 is 36.6. The Morgan fingerprint density at radius 3 is 2.39 bits per heavy atom. The molecule has 4 atom stereocenters. The van der Waals surface area contributed by atoms with Gasteiger partial charge in [-0.2, -0.15) is 4.20 Å². The van der Waals surface area contributed by atoms with Crippen LogP contribution in [-0.4, -0.2) is 86.9 Å². The molecule has 6 N–H and O–H groups in total. The van der Waals surface area contributed by atoms with Crippen LogP contribution < -0.4 is 5.32 Å². The van der Waals surface area contributed by atoms with Crippen molar-refractivity contribution >= 4 is 53.8 Å². The molecule has 14 nitrogen and oxygen atoms in total. The van der Waals surface area contributed by atoms with Crippen molar-refractivity contribution in [3.05, 3.63) is 57.7 Å². The van der Waals surface area contributed by atoms with Gasteiger partial charge in [-0.1, -0.05) is 26.8 Å². The number of aliphatic hydroxyl groups is 4. The maximum Gasteiger partial charge on any atom is 0.413 e. The van der Waals surface area contributed by atoms with Crippen LogP contribution in [0.5, 0.6) is 0 Å². The van der Waals surface area contributed by atoms with Crippen molar-refractivity contribution in [1.29, 1.82) is 0 Å². The molecule has 3 aromatic rings. The lowest BCUT2D eigenvalue weighted by Crippen LogP contribution is -2.31. The first-order chi connectivity index (χ1) is 20.4. The number of nitrogens with zero attached hydrogens (tertiary/aromatic N) is 1. The second-order valence-electron chi connectivity index (χ2n) is 10.4. The molecule has 0 radical (unpaired) electrons. The fourth-order valence-electron chi connectivity index (χ4n) is 3.17. The second kappa shape index (κ2) is 15.3. The van der Waals surface area contributed by atoms with Crippen LogP contribution >= 0.6 is 19.0 Å². The lowest BCUT2D eigenvalue weighted by Gasteiger charge is -2.27. The van der Waals surface area contributed by atoms with Crippen LogP contribution in [0.4, 0.5) is 14.9 Å². The van der Waals surface area contributed by atoms with Crippen LogP contribution in [-0.2, 0) is 23.4 Å². The summed E-state index contributed by atoms with van der Waals surface area (Å²) in [7, 11) is -2.54. The monoisotopic (exact) mass is 659 g/mol. The lowest BCUT2D eigenvalue weighted by atomic mass is 9.91. The van der Waals surface area contributed by atoms with Gasteiger partial charge in [-0.05, 0) is 42.0 Å². The lowest BCUT2D eigenvalue weighted by molar-refractivity contribution is -0.147. The number of aromatic nitrogens is 2. The van der Waals surface area contributed by atoms with E-state index in [-0.39, 0.29) is 23.3 Å². The number of anilines is 1. The van der Waals surface area contributed by atoms with E-state index in [9.17, 15) is 23.1 Å². The summed E-state index contributed by atoms with van der Waals surface area (Å²) in [5.41, 5.74) is 1.73. The number of ether oxygens (including phenoxy) is 2. The predicted octanol–water partition coefficient (Wildman–Crippen LogP) is 4.86. The Morgan fingerprint density at radius 1 is 1.27 bits per heavy atom. The van der Waals surface area contributed by atoms with Crippen molar-refractivity contribution < 1.29 is 57.6 Å². The second-order valence-corrected chi connectivity index (χ2v) is 13.1. The Labute approximate surface area is 256 Å². The minimum absolute atomic E-state index is 0.0380. The number of aliphatic hydroxyl groups excluding tert-OH is 4. The zero-order chi connectivity index (χ0) is 33.4. The SMILES string of the molecule is CC(OP(C)(=O)F)C(C)(C)C.COC(=O)Nc1nc2ccc(C(=O)c3cccs3)cc2[nH]1.O=C1O[C@H]([C@@H](O)CO)C(O)=C1O. The molecule has 0 saturated heterocycles. The summed E-state index contributed by atoms with van der Waals surface area (Å²) in [6.07, 6.45) is -3.71. The number of carbonyl (C=O) groups is 3. The molecule has 17 heteroatoms.